The lowest BCUT2D eigenvalue weighted by Gasteiger charge is -2.38. The average Bonchev–Trinajstić information content (AvgIpc) is 2.85. The van der Waals surface area contributed by atoms with Crippen molar-refractivity contribution in [2.45, 2.75) is 50.5 Å². The van der Waals surface area contributed by atoms with Gasteiger partial charge in [-0.3, -0.25) is 0 Å². The normalized spacial score (nSPS) is 52.0. The molecule has 68 valence electrons. The highest BCUT2D eigenvalue weighted by Gasteiger charge is 2.50. The predicted octanol–water partition coefficient (Wildman–Crippen LogP) is 2.75. The molecule has 3 rings (SSSR count). The minimum atomic E-state index is 0.415. The summed E-state index contributed by atoms with van der Waals surface area (Å²) >= 11 is 0. The maximum absolute atomic E-state index is 5.59. The summed E-state index contributed by atoms with van der Waals surface area (Å²) in [6, 6.07) is 0. The monoisotopic (exact) mass is 166 g/mol. The van der Waals surface area contributed by atoms with Crippen LogP contribution in [0.2, 0.25) is 0 Å². The van der Waals surface area contributed by atoms with Gasteiger partial charge in [0.25, 0.3) is 0 Å². The minimum absolute atomic E-state index is 0.415. The zero-order valence-corrected chi connectivity index (χ0v) is 7.72. The molecule has 3 fully saturated rings. The van der Waals surface area contributed by atoms with Crippen LogP contribution in [-0.2, 0) is 4.74 Å². The van der Waals surface area contributed by atoms with Gasteiger partial charge in [0, 0.05) is 0 Å². The summed E-state index contributed by atoms with van der Waals surface area (Å²) < 4.78 is 5.59. The van der Waals surface area contributed by atoms with Crippen LogP contribution in [0.4, 0.5) is 0 Å². The molecule has 0 radical (unpaired) electrons. The summed E-state index contributed by atoms with van der Waals surface area (Å²) in [4.78, 5) is 0. The second-order valence-electron chi connectivity index (χ2n) is 5.02. The maximum Gasteiger partial charge on any atom is 0.0919 e. The Labute approximate surface area is 74.5 Å². The van der Waals surface area contributed by atoms with Crippen LogP contribution < -0.4 is 0 Å². The van der Waals surface area contributed by atoms with Crippen LogP contribution in [0.15, 0.2) is 0 Å². The van der Waals surface area contributed by atoms with Gasteiger partial charge in [0.2, 0.25) is 0 Å². The SMILES string of the molecule is C1CC[C@@H]2C[C@@]3(CC[C@@H]2C1)CO3. The summed E-state index contributed by atoms with van der Waals surface area (Å²) in [7, 11) is 0. The third-order valence-electron chi connectivity index (χ3n) is 4.22. The largest absolute Gasteiger partial charge is 0.370 e. The molecule has 1 heteroatoms. The van der Waals surface area contributed by atoms with E-state index in [4.69, 9.17) is 4.74 Å². The Hall–Kier alpha value is -0.0400. The Morgan fingerprint density at radius 2 is 1.75 bits per heavy atom. The first-order valence-electron chi connectivity index (χ1n) is 5.52. The molecule has 3 aliphatic rings. The van der Waals surface area contributed by atoms with Gasteiger partial charge in [-0.15, -0.1) is 0 Å². The van der Waals surface area contributed by atoms with E-state index in [9.17, 15) is 0 Å². The third kappa shape index (κ3) is 1.10. The highest BCUT2D eigenvalue weighted by Crippen LogP contribution is 2.50. The van der Waals surface area contributed by atoms with Crippen LogP contribution in [0.3, 0.4) is 0 Å². The average molecular weight is 166 g/mol. The molecule has 0 aromatic rings. The van der Waals surface area contributed by atoms with Gasteiger partial charge >= 0.3 is 0 Å². The molecule has 1 spiro atoms. The number of rotatable bonds is 0. The quantitative estimate of drug-likeness (QED) is 0.504. The fourth-order valence-electron chi connectivity index (χ4n) is 3.33. The van der Waals surface area contributed by atoms with Gasteiger partial charge in [-0.05, 0) is 31.1 Å². The first kappa shape index (κ1) is 7.37. The second kappa shape index (κ2) is 2.47. The highest BCUT2D eigenvalue weighted by molar-refractivity contribution is 4.99. The Bertz CT molecular complexity index is 183. The molecule has 0 aromatic heterocycles. The fourth-order valence-corrected chi connectivity index (χ4v) is 3.33. The molecule has 12 heavy (non-hydrogen) atoms. The Kier molecular flexibility index (Phi) is 1.52. The van der Waals surface area contributed by atoms with Crippen LogP contribution >= 0.6 is 0 Å². The zero-order valence-electron chi connectivity index (χ0n) is 7.72. The van der Waals surface area contributed by atoms with Gasteiger partial charge in [-0.1, -0.05) is 25.7 Å². The van der Waals surface area contributed by atoms with E-state index < -0.39 is 0 Å². The van der Waals surface area contributed by atoms with Gasteiger partial charge in [-0.2, -0.15) is 0 Å². The van der Waals surface area contributed by atoms with Crippen LogP contribution in [0.5, 0.6) is 0 Å². The minimum Gasteiger partial charge on any atom is -0.370 e. The maximum atomic E-state index is 5.59. The molecular formula is C11H18O. The summed E-state index contributed by atoms with van der Waals surface area (Å²) in [6.45, 7) is 1.08. The molecule has 3 atom stereocenters. The molecule has 1 heterocycles. The van der Waals surface area contributed by atoms with Crippen molar-refractivity contribution in [2.75, 3.05) is 6.61 Å². The summed E-state index contributed by atoms with van der Waals surface area (Å²) in [6.07, 6.45) is 10.2. The molecule has 0 N–H and O–H groups in total. The fraction of sp³-hybridized carbons (Fsp3) is 1.00. The lowest BCUT2D eigenvalue weighted by atomic mass is 9.67. The van der Waals surface area contributed by atoms with E-state index in [1.807, 2.05) is 0 Å². The molecule has 1 nitrogen and oxygen atoms in total. The Balaban J connectivity index is 1.70. The number of hydrogen-bond acceptors (Lipinski definition) is 1. The van der Waals surface area contributed by atoms with Gasteiger partial charge in [0.15, 0.2) is 0 Å². The first-order chi connectivity index (χ1) is 5.88. The molecule has 2 aliphatic carbocycles. The van der Waals surface area contributed by atoms with E-state index in [1.54, 1.807) is 0 Å². The third-order valence-corrected chi connectivity index (χ3v) is 4.22. The predicted molar refractivity (Wildman–Crippen MR) is 48.0 cm³/mol. The highest BCUT2D eigenvalue weighted by atomic mass is 16.6. The van der Waals surface area contributed by atoms with Crippen LogP contribution in [-0.4, -0.2) is 12.2 Å². The second-order valence-corrected chi connectivity index (χ2v) is 5.02. The van der Waals surface area contributed by atoms with Crippen LogP contribution in [0.25, 0.3) is 0 Å². The summed E-state index contributed by atoms with van der Waals surface area (Å²) in [5.74, 6) is 2.11. The van der Waals surface area contributed by atoms with E-state index >= 15 is 0 Å². The molecule has 0 aromatic carbocycles. The topological polar surface area (TPSA) is 12.5 Å². The van der Waals surface area contributed by atoms with Crippen molar-refractivity contribution < 1.29 is 4.74 Å². The van der Waals surface area contributed by atoms with Gasteiger partial charge in [-0.25, -0.2) is 0 Å². The van der Waals surface area contributed by atoms with Crippen molar-refractivity contribution in [2.24, 2.45) is 11.8 Å². The van der Waals surface area contributed by atoms with Crippen molar-refractivity contribution in [1.29, 1.82) is 0 Å². The van der Waals surface area contributed by atoms with Crippen molar-refractivity contribution in [3.63, 3.8) is 0 Å². The van der Waals surface area contributed by atoms with Crippen molar-refractivity contribution >= 4 is 0 Å². The Morgan fingerprint density at radius 3 is 2.50 bits per heavy atom. The summed E-state index contributed by atoms with van der Waals surface area (Å²) in [5, 5.41) is 0. The lowest BCUT2D eigenvalue weighted by Crippen LogP contribution is -2.32. The molecular weight excluding hydrogens is 148 g/mol. The molecule has 1 saturated heterocycles. The summed E-state index contributed by atoms with van der Waals surface area (Å²) in [5.41, 5.74) is 0.415. The van der Waals surface area contributed by atoms with Crippen molar-refractivity contribution in [3.05, 3.63) is 0 Å². The lowest BCUT2D eigenvalue weighted by molar-refractivity contribution is 0.101. The molecule has 0 bridgehead atoms. The van der Waals surface area contributed by atoms with Crippen molar-refractivity contribution in [1.82, 2.24) is 0 Å². The molecule has 0 unspecified atom stereocenters. The van der Waals surface area contributed by atoms with E-state index in [2.05, 4.69) is 0 Å². The smallest absolute Gasteiger partial charge is 0.0919 e. The number of fused-ring (bicyclic) bond motifs is 1. The van der Waals surface area contributed by atoms with Gasteiger partial charge in [0.05, 0.1) is 12.2 Å². The Morgan fingerprint density at radius 1 is 1.00 bits per heavy atom. The van der Waals surface area contributed by atoms with Gasteiger partial charge in [0.1, 0.15) is 0 Å². The van der Waals surface area contributed by atoms with E-state index in [0.717, 1.165) is 18.4 Å². The van der Waals surface area contributed by atoms with Crippen molar-refractivity contribution in [3.8, 4) is 0 Å². The van der Waals surface area contributed by atoms with E-state index in [-0.39, 0.29) is 0 Å². The number of hydrogen-bond donors (Lipinski definition) is 0. The zero-order chi connectivity index (χ0) is 8.02. The van der Waals surface area contributed by atoms with Crippen LogP contribution in [0, 0.1) is 11.8 Å². The first-order valence-corrected chi connectivity index (χ1v) is 5.52. The van der Waals surface area contributed by atoms with Crippen LogP contribution in [0.1, 0.15) is 44.9 Å². The number of epoxide rings is 1. The molecule has 2 saturated carbocycles. The standard InChI is InChI=1S/C11H18O/c1-2-4-10-7-11(8-12-11)6-5-9(10)3-1/h9-10H,1-8H2/t9-,10+,11-/m0/s1. The molecule has 1 aliphatic heterocycles. The van der Waals surface area contributed by atoms with E-state index in [1.165, 1.54) is 44.9 Å². The molecule has 0 amide bonds. The van der Waals surface area contributed by atoms with E-state index in [0.29, 0.717) is 5.60 Å². The number of ether oxygens (including phenoxy) is 1. The van der Waals surface area contributed by atoms with Gasteiger partial charge < -0.3 is 4.74 Å².